The highest BCUT2D eigenvalue weighted by Gasteiger charge is 2.35. The lowest BCUT2D eigenvalue weighted by Gasteiger charge is -2.11. The summed E-state index contributed by atoms with van der Waals surface area (Å²) in [5, 5.41) is 8.68. The second-order valence-corrected chi connectivity index (χ2v) is 3.33. The molecule has 0 aromatic heterocycles. The van der Waals surface area contributed by atoms with Crippen LogP contribution in [-0.4, -0.2) is 23.0 Å². The van der Waals surface area contributed by atoms with Gasteiger partial charge >= 0.3 is 5.97 Å². The minimum absolute atomic E-state index is 0.0602. The third-order valence-electron chi connectivity index (χ3n) is 2.43. The van der Waals surface area contributed by atoms with Crippen molar-refractivity contribution in [3.05, 3.63) is 11.3 Å². The Bertz CT molecular complexity index is 303. The van der Waals surface area contributed by atoms with Crippen LogP contribution in [-0.2, 0) is 14.3 Å². The molecule has 0 saturated carbocycles. The highest BCUT2D eigenvalue weighted by Crippen LogP contribution is 2.33. The highest BCUT2D eigenvalue weighted by molar-refractivity contribution is 5.98. The zero-order valence-corrected chi connectivity index (χ0v) is 7.08. The molecule has 1 N–H and O–H groups in total. The molecule has 0 aromatic rings. The van der Waals surface area contributed by atoms with Gasteiger partial charge in [-0.2, -0.15) is 0 Å². The Balaban J connectivity index is 2.18. The molecule has 0 spiro atoms. The number of ketones is 1. The third-order valence-corrected chi connectivity index (χ3v) is 2.43. The van der Waals surface area contributed by atoms with Crippen molar-refractivity contribution in [3.8, 4) is 0 Å². The maximum atomic E-state index is 11.3. The summed E-state index contributed by atoms with van der Waals surface area (Å²) >= 11 is 0. The van der Waals surface area contributed by atoms with Crippen LogP contribution in [0, 0.1) is 0 Å². The number of rotatable bonds is 1. The Morgan fingerprint density at radius 2 is 2.23 bits per heavy atom. The number of ether oxygens (including phenoxy) is 1. The Kier molecular flexibility index (Phi) is 1.83. The van der Waals surface area contributed by atoms with E-state index in [2.05, 4.69) is 0 Å². The molecule has 70 valence electrons. The zero-order valence-electron chi connectivity index (χ0n) is 7.08. The van der Waals surface area contributed by atoms with E-state index in [0.717, 1.165) is 6.42 Å². The molecule has 0 fully saturated rings. The predicted octanol–water partition coefficient (Wildman–Crippen LogP) is 0.867. The van der Waals surface area contributed by atoms with Crippen molar-refractivity contribution in [1.82, 2.24) is 0 Å². The molecule has 0 saturated heterocycles. The van der Waals surface area contributed by atoms with E-state index in [1.54, 1.807) is 0 Å². The van der Waals surface area contributed by atoms with Crippen molar-refractivity contribution in [2.24, 2.45) is 0 Å². The molecular formula is C9H10O4. The van der Waals surface area contributed by atoms with Gasteiger partial charge in [-0.1, -0.05) is 0 Å². The largest absolute Gasteiger partial charge is 0.482 e. The average molecular weight is 182 g/mol. The van der Waals surface area contributed by atoms with Crippen LogP contribution in [0.15, 0.2) is 11.3 Å². The summed E-state index contributed by atoms with van der Waals surface area (Å²) in [6.45, 7) is 0. The van der Waals surface area contributed by atoms with Gasteiger partial charge < -0.3 is 9.84 Å². The standard InChI is InChI=1S/C9H10O4/c10-6-2-1-3-7-5(6)4-8(13-7)9(11)12/h8H,1-4H2,(H,11,12). The maximum Gasteiger partial charge on any atom is 0.345 e. The van der Waals surface area contributed by atoms with Crippen molar-refractivity contribution in [2.45, 2.75) is 31.8 Å². The molecule has 1 aliphatic heterocycles. The quantitative estimate of drug-likeness (QED) is 0.653. The van der Waals surface area contributed by atoms with Crippen molar-refractivity contribution in [3.63, 3.8) is 0 Å². The monoisotopic (exact) mass is 182 g/mol. The Labute approximate surface area is 75.2 Å². The lowest BCUT2D eigenvalue weighted by Crippen LogP contribution is -2.19. The number of hydrogen-bond donors (Lipinski definition) is 1. The normalized spacial score (nSPS) is 27.1. The van der Waals surface area contributed by atoms with E-state index in [-0.39, 0.29) is 12.2 Å². The smallest absolute Gasteiger partial charge is 0.345 e. The first kappa shape index (κ1) is 8.29. The second-order valence-electron chi connectivity index (χ2n) is 3.33. The molecule has 0 radical (unpaired) electrons. The summed E-state index contributed by atoms with van der Waals surface area (Å²) in [5.74, 6) is -0.309. The van der Waals surface area contributed by atoms with Gasteiger partial charge in [0.05, 0.1) is 0 Å². The summed E-state index contributed by atoms with van der Waals surface area (Å²) in [6.07, 6.45) is 1.46. The lowest BCUT2D eigenvalue weighted by atomic mass is 9.95. The number of carbonyl (C=O) groups is 2. The fraction of sp³-hybridized carbons (Fsp3) is 0.556. The van der Waals surface area contributed by atoms with E-state index in [1.807, 2.05) is 0 Å². The maximum absolute atomic E-state index is 11.3. The van der Waals surface area contributed by atoms with E-state index < -0.39 is 12.1 Å². The van der Waals surface area contributed by atoms with Crippen LogP contribution in [0.5, 0.6) is 0 Å². The molecule has 0 aromatic carbocycles. The SMILES string of the molecule is O=C1CCCC2=C1CC(C(=O)O)O2. The molecule has 1 heterocycles. The first-order valence-electron chi connectivity index (χ1n) is 4.33. The summed E-state index contributed by atoms with van der Waals surface area (Å²) in [7, 11) is 0. The van der Waals surface area contributed by atoms with Crippen molar-refractivity contribution in [1.29, 1.82) is 0 Å². The number of hydrogen-bond acceptors (Lipinski definition) is 3. The van der Waals surface area contributed by atoms with Crippen LogP contribution in [0.25, 0.3) is 0 Å². The summed E-state index contributed by atoms with van der Waals surface area (Å²) in [5.41, 5.74) is 0.610. The van der Waals surface area contributed by atoms with Gasteiger partial charge in [-0.3, -0.25) is 4.79 Å². The summed E-state index contributed by atoms with van der Waals surface area (Å²) in [6, 6.07) is 0. The van der Waals surface area contributed by atoms with E-state index in [0.29, 0.717) is 24.2 Å². The van der Waals surface area contributed by atoms with Gasteiger partial charge in [-0.25, -0.2) is 4.79 Å². The fourth-order valence-electron chi connectivity index (χ4n) is 1.76. The number of allylic oxidation sites excluding steroid dienone is 1. The molecule has 1 unspecified atom stereocenters. The van der Waals surface area contributed by atoms with E-state index in [1.165, 1.54) is 0 Å². The van der Waals surface area contributed by atoms with Crippen LogP contribution < -0.4 is 0 Å². The number of Topliss-reactive ketones (excluding diaryl/α,β-unsaturated/α-hetero) is 1. The van der Waals surface area contributed by atoms with E-state index >= 15 is 0 Å². The number of carbonyl (C=O) groups excluding carboxylic acids is 1. The zero-order chi connectivity index (χ0) is 9.42. The molecule has 2 aliphatic rings. The number of carboxylic acids is 1. The van der Waals surface area contributed by atoms with Crippen LogP contribution in [0.4, 0.5) is 0 Å². The first-order chi connectivity index (χ1) is 6.18. The minimum Gasteiger partial charge on any atom is -0.482 e. The topological polar surface area (TPSA) is 63.6 Å². The van der Waals surface area contributed by atoms with Gasteiger partial charge in [0.15, 0.2) is 11.9 Å². The molecule has 0 amide bonds. The molecular weight excluding hydrogens is 172 g/mol. The summed E-state index contributed by atoms with van der Waals surface area (Å²) < 4.78 is 5.16. The van der Waals surface area contributed by atoms with Crippen LogP contribution in [0.1, 0.15) is 25.7 Å². The molecule has 1 atom stereocenters. The van der Waals surface area contributed by atoms with Gasteiger partial charge in [-0.05, 0) is 6.42 Å². The highest BCUT2D eigenvalue weighted by atomic mass is 16.5. The van der Waals surface area contributed by atoms with Gasteiger partial charge in [0.1, 0.15) is 5.76 Å². The Hall–Kier alpha value is -1.32. The van der Waals surface area contributed by atoms with Gasteiger partial charge in [0.25, 0.3) is 0 Å². The van der Waals surface area contributed by atoms with Crippen LogP contribution in [0.2, 0.25) is 0 Å². The van der Waals surface area contributed by atoms with Crippen molar-refractivity contribution >= 4 is 11.8 Å². The molecule has 0 bridgehead atoms. The predicted molar refractivity (Wildman–Crippen MR) is 43.0 cm³/mol. The third kappa shape index (κ3) is 1.32. The Morgan fingerprint density at radius 3 is 2.85 bits per heavy atom. The minimum atomic E-state index is -0.984. The van der Waals surface area contributed by atoms with Crippen LogP contribution in [0.3, 0.4) is 0 Å². The van der Waals surface area contributed by atoms with Gasteiger partial charge in [0.2, 0.25) is 0 Å². The molecule has 2 rings (SSSR count). The summed E-state index contributed by atoms with van der Waals surface area (Å²) in [4.78, 5) is 21.9. The molecule has 1 aliphatic carbocycles. The van der Waals surface area contributed by atoms with Crippen molar-refractivity contribution in [2.75, 3.05) is 0 Å². The lowest BCUT2D eigenvalue weighted by molar-refractivity contribution is -0.146. The number of aliphatic carboxylic acids is 1. The molecule has 4 heteroatoms. The molecule has 13 heavy (non-hydrogen) atoms. The van der Waals surface area contributed by atoms with Crippen LogP contribution >= 0.6 is 0 Å². The van der Waals surface area contributed by atoms with Crippen molar-refractivity contribution < 1.29 is 19.4 Å². The van der Waals surface area contributed by atoms with E-state index in [9.17, 15) is 9.59 Å². The number of carboxylic acid groups (broad SMARTS) is 1. The Morgan fingerprint density at radius 1 is 1.46 bits per heavy atom. The van der Waals surface area contributed by atoms with Gasteiger partial charge in [0, 0.05) is 24.8 Å². The average Bonchev–Trinajstić information content (AvgIpc) is 2.49. The van der Waals surface area contributed by atoms with Gasteiger partial charge in [-0.15, -0.1) is 0 Å². The first-order valence-corrected chi connectivity index (χ1v) is 4.33. The fourth-order valence-corrected chi connectivity index (χ4v) is 1.76. The molecule has 4 nitrogen and oxygen atoms in total. The van der Waals surface area contributed by atoms with E-state index in [4.69, 9.17) is 9.84 Å². The second kappa shape index (κ2) is 2.87.